The summed E-state index contributed by atoms with van der Waals surface area (Å²) >= 11 is 1.26. The highest BCUT2D eigenvalue weighted by Crippen LogP contribution is 2.52. The number of carbonyl (C=O) groups excluding carboxylic acids is 5. The summed E-state index contributed by atoms with van der Waals surface area (Å²) in [7, 11) is 1.25. The summed E-state index contributed by atoms with van der Waals surface area (Å²) in [5, 5.41) is 23.8. The van der Waals surface area contributed by atoms with E-state index in [1.165, 1.54) is 72.0 Å². The van der Waals surface area contributed by atoms with E-state index in [-0.39, 0.29) is 36.5 Å². The number of amides is 3. The fraction of sp³-hybridized carbons (Fsp3) is 0.457. The zero-order valence-corrected chi connectivity index (χ0v) is 29.8. The molecule has 3 aliphatic rings. The lowest BCUT2D eigenvalue weighted by atomic mass is 9.79. The number of anilines is 1. The van der Waals surface area contributed by atoms with Gasteiger partial charge in [0.25, 0.3) is 5.69 Å². The molecule has 3 aliphatic heterocycles. The Morgan fingerprint density at radius 1 is 1.12 bits per heavy atom. The number of nitro groups is 1. The van der Waals surface area contributed by atoms with Crippen molar-refractivity contribution >= 4 is 53.0 Å². The third-order valence-corrected chi connectivity index (χ3v) is 10.4. The molecule has 2 aromatic carbocycles. The van der Waals surface area contributed by atoms with Crippen molar-refractivity contribution in [1.29, 1.82) is 0 Å². The molecule has 2 fully saturated rings. The van der Waals surface area contributed by atoms with Crippen LogP contribution in [0, 0.1) is 22.0 Å². The highest BCUT2D eigenvalue weighted by molar-refractivity contribution is 8.03. The maximum Gasteiger partial charge on any atom is 0.411 e. The summed E-state index contributed by atoms with van der Waals surface area (Å²) in [5.41, 5.74) is 0.0947. The number of rotatable bonds is 10. The quantitative estimate of drug-likeness (QED) is 0.117. The molecule has 6 atom stereocenters. The van der Waals surface area contributed by atoms with Crippen molar-refractivity contribution in [3.8, 4) is 0 Å². The second-order valence-corrected chi connectivity index (χ2v) is 15.0. The molecule has 2 aromatic rings. The van der Waals surface area contributed by atoms with Gasteiger partial charge in [0.15, 0.2) is 0 Å². The van der Waals surface area contributed by atoms with Crippen molar-refractivity contribution in [2.24, 2.45) is 11.8 Å². The Hall–Kier alpha value is -4.96. The number of nitrogens with zero attached hydrogens (tertiary/aromatic N) is 3. The van der Waals surface area contributed by atoms with E-state index < -0.39 is 75.6 Å². The molecule has 2 saturated heterocycles. The van der Waals surface area contributed by atoms with Gasteiger partial charge in [0, 0.05) is 40.4 Å². The summed E-state index contributed by atoms with van der Waals surface area (Å²) in [5.74, 6) is -3.44. The van der Waals surface area contributed by atoms with Crippen LogP contribution in [0.2, 0.25) is 0 Å². The Kier molecular flexibility index (Phi) is 10.8. The number of nitro benzene ring substituents is 1. The molecule has 3 amide bonds. The Labute approximate surface area is 298 Å². The first-order chi connectivity index (χ1) is 24.0. The van der Waals surface area contributed by atoms with Crippen molar-refractivity contribution in [1.82, 2.24) is 9.80 Å². The zero-order valence-electron chi connectivity index (χ0n) is 29.0. The molecule has 2 N–H and O–H groups in total. The van der Waals surface area contributed by atoms with Gasteiger partial charge in [-0.05, 0) is 70.0 Å². The monoisotopic (exact) mass is 724 g/mol. The highest BCUT2D eigenvalue weighted by Gasteiger charge is 2.60. The van der Waals surface area contributed by atoms with Crippen LogP contribution in [0.1, 0.15) is 57.0 Å². The molecule has 0 spiro atoms. The van der Waals surface area contributed by atoms with E-state index in [0.29, 0.717) is 16.2 Å². The van der Waals surface area contributed by atoms with Crippen LogP contribution in [0.25, 0.3) is 0 Å². The minimum absolute atomic E-state index is 0.0256. The molecular weight excluding hydrogens is 684 g/mol. The number of methoxy groups -OCH3 is 1. The molecule has 51 heavy (non-hydrogen) atoms. The van der Waals surface area contributed by atoms with Crippen LogP contribution in [-0.2, 0) is 35.2 Å². The number of ether oxygens (including phenoxy) is 3. The van der Waals surface area contributed by atoms with Gasteiger partial charge >= 0.3 is 18.0 Å². The lowest BCUT2D eigenvalue weighted by Crippen LogP contribution is -2.63. The standard InChI is InChI=1S/C35H40N4O11S/c1-18-27-26(19(2)40)31(42)38(27)28(33(44)49-17-20-10-12-23(13-11-20)39(46)47)29(18)51-24-15-25(37(16-24)34(45)50-35(3,4)5)30(41)36-22-9-7-8-21(14-22)32(43)48-6/h7-14,18-19,24-27,40H,15-17H2,1-6H3,(H,36,41)/t18-,19-,24+,25+,26-,27-/m1/s1. The SMILES string of the molecule is COC(=O)c1cccc(NC(=O)[C@@H]2C[C@H](SC3=C(C(=O)OCc4ccc([N+](=O)[O-])cc4)N4C(=O)[C@H]([C@@H](C)O)[C@H]4[C@H]3C)CN2C(=O)OC(C)(C)C)c1. The van der Waals surface area contributed by atoms with Crippen LogP contribution >= 0.6 is 11.8 Å². The normalized spacial score (nSPS) is 23.3. The van der Waals surface area contributed by atoms with Crippen LogP contribution in [-0.4, -0.2) is 92.4 Å². The molecule has 15 nitrogen and oxygen atoms in total. The third-order valence-electron chi connectivity index (χ3n) is 8.86. The first kappa shape index (κ1) is 37.3. The molecule has 16 heteroatoms. The smallest absolute Gasteiger partial charge is 0.411 e. The van der Waals surface area contributed by atoms with E-state index in [1.54, 1.807) is 32.9 Å². The van der Waals surface area contributed by atoms with Gasteiger partial charge in [-0.15, -0.1) is 11.8 Å². The number of fused-ring (bicyclic) bond motifs is 1. The van der Waals surface area contributed by atoms with Crippen molar-refractivity contribution in [2.75, 3.05) is 19.0 Å². The number of thioether (sulfide) groups is 1. The topological polar surface area (TPSA) is 195 Å². The van der Waals surface area contributed by atoms with Crippen LogP contribution < -0.4 is 5.32 Å². The van der Waals surface area contributed by atoms with Crippen LogP contribution in [0.5, 0.6) is 0 Å². The summed E-state index contributed by atoms with van der Waals surface area (Å²) in [6.45, 7) is 8.34. The van der Waals surface area contributed by atoms with Crippen molar-refractivity contribution in [3.05, 3.63) is 80.4 Å². The number of hydrogen-bond acceptors (Lipinski definition) is 12. The van der Waals surface area contributed by atoms with Gasteiger partial charge in [-0.1, -0.05) is 13.0 Å². The first-order valence-electron chi connectivity index (χ1n) is 16.3. The van der Waals surface area contributed by atoms with Gasteiger partial charge in [0.2, 0.25) is 11.8 Å². The predicted molar refractivity (Wildman–Crippen MR) is 184 cm³/mol. The number of β-lactam (4-membered cyclic amide) rings is 1. The predicted octanol–water partition coefficient (Wildman–Crippen LogP) is 4.24. The number of esters is 2. The lowest BCUT2D eigenvalue weighted by molar-refractivity contribution is -0.384. The average molecular weight is 725 g/mol. The van der Waals surface area contributed by atoms with E-state index in [9.17, 15) is 39.2 Å². The number of likely N-dealkylation sites (tertiary alicyclic amines) is 1. The number of aliphatic hydroxyl groups excluding tert-OH is 1. The second-order valence-electron chi connectivity index (χ2n) is 13.7. The molecule has 0 radical (unpaired) electrons. The van der Waals surface area contributed by atoms with Crippen molar-refractivity contribution in [2.45, 2.75) is 76.7 Å². The summed E-state index contributed by atoms with van der Waals surface area (Å²) in [6, 6.07) is 10.2. The molecule has 0 unspecified atom stereocenters. The van der Waals surface area contributed by atoms with Gasteiger partial charge in [-0.2, -0.15) is 0 Å². The van der Waals surface area contributed by atoms with Gasteiger partial charge in [0.05, 0.1) is 35.7 Å². The highest BCUT2D eigenvalue weighted by atomic mass is 32.2. The fourth-order valence-electron chi connectivity index (χ4n) is 6.50. The van der Waals surface area contributed by atoms with Crippen LogP contribution in [0.3, 0.4) is 0 Å². The third kappa shape index (κ3) is 7.86. The van der Waals surface area contributed by atoms with Crippen molar-refractivity contribution < 1.29 is 48.2 Å². The van der Waals surface area contributed by atoms with Gasteiger partial charge < -0.3 is 29.5 Å². The summed E-state index contributed by atoms with van der Waals surface area (Å²) in [6.07, 6.45) is -1.52. The van der Waals surface area contributed by atoms with E-state index in [2.05, 4.69) is 5.32 Å². The molecule has 0 bridgehead atoms. The Morgan fingerprint density at radius 3 is 2.41 bits per heavy atom. The van der Waals surface area contributed by atoms with Gasteiger partial charge in [-0.3, -0.25) is 24.6 Å². The Bertz CT molecular complexity index is 1770. The molecular formula is C35H40N4O11S. The Balaban J connectivity index is 1.41. The number of nitrogens with one attached hydrogen (secondary N) is 1. The second kappa shape index (κ2) is 14.7. The van der Waals surface area contributed by atoms with Gasteiger partial charge in [0.1, 0.15) is 23.9 Å². The summed E-state index contributed by atoms with van der Waals surface area (Å²) < 4.78 is 16.0. The lowest BCUT2D eigenvalue weighted by Gasteiger charge is -2.46. The number of benzene rings is 2. The fourth-order valence-corrected chi connectivity index (χ4v) is 8.02. The van der Waals surface area contributed by atoms with E-state index in [1.807, 2.05) is 6.92 Å². The zero-order chi connectivity index (χ0) is 37.4. The largest absolute Gasteiger partial charge is 0.465 e. The van der Waals surface area contributed by atoms with E-state index in [4.69, 9.17) is 14.2 Å². The van der Waals surface area contributed by atoms with Crippen LogP contribution in [0.15, 0.2) is 59.1 Å². The molecule has 272 valence electrons. The minimum Gasteiger partial charge on any atom is -0.465 e. The molecule has 3 heterocycles. The Morgan fingerprint density at radius 2 is 1.80 bits per heavy atom. The number of hydrogen-bond donors (Lipinski definition) is 2. The molecule has 0 saturated carbocycles. The van der Waals surface area contributed by atoms with E-state index in [0.717, 1.165) is 0 Å². The molecule has 5 rings (SSSR count). The number of aliphatic hydroxyl groups is 1. The maximum absolute atomic E-state index is 13.7. The molecule has 0 aliphatic carbocycles. The summed E-state index contributed by atoms with van der Waals surface area (Å²) in [4.78, 5) is 79.9. The first-order valence-corrected chi connectivity index (χ1v) is 17.2. The number of carbonyl (C=O) groups is 5. The average Bonchev–Trinajstić information content (AvgIpc) is 3.60. The number of non-ortho nitro benzene ring substituents is 1. The minimum atomic E-state index is -0.988. The van der Waals surface area contributed by atoms with Crippen molar-refractivity contribution in [3.63, 3.8) is 0 Å². The van der Waals surface area contributed by atoms with E-state index >= 15 is 0 Å². The molecule has 0 aromatic heterocycles. The van der Waals surface area contributed by atoms with Gasteiger partial charge in [-0.25, -0.2) is 14.4 Å². The maximum atomic E-state index is 13.7. The van der Waals surface area contributed by atoms with Crippen LogP contribution in [0.4, 0.5) is 16.2 Å².